The zero-order valence-corrected chi connectivity index (χ0v) is 11.3. The molecule has 1 amide bonds. The van der Waals surface area contributed by atoms with Gasteiger partial charge in [-0.3, -0.25) is 4.79 Å². The summed E-state index contributed by atoms with van der Waals surface area (Å²) in [7, 11) is 0. The average molecular weight is 263 g/mol. The van der Waals surface area contributed by atoms with Crippen molar-refractivity contribution in [1.82, 2.24) is 0 Å². The van der Waals surface area contributed by atoms with Gasteiger partial charge in [0.05, 0.1) is 5.69 Å². The van der Waals surface area contributed by atoms with Crippen LogP contribution in [-0.4, -0.2) is 17.6 Å². The predicted octanol–water partition coefficient (Wildman–Crippen LogP) is 2.40. The highest BCUT2D eigenvalue weighted by Gasteiger charge is 2.17. The lowest BCUT2D eigenvalue weighted by Crippen LogP contribution is -2.24. The molecule has 0 bridgehead atoms. The first-order valence-corrected chi connectivity index (χ1v) is 6.15. The fourth-order valence-corrected chi connectivity index (χ4v) is 1.39. The van der Waals surface area contributed by atoms with Crippen molar-refractivity contribution >= 4 is 11.6 Å². The van der Waals surface area contributed by atoms with E-state index in [-0.39, 0.29) is 30.0 Å². The number of halogens is 1. The van der Waals surface area contributed by atoms with E-state index in [0.717, 1.165) is 0 Å². The molecule has 102 valence electrons. The maximum atomic E-state index is 13.8. The quantitative estimate of drug-likeness (QED) is 0.823. The minimum atomic E-state index is -0.533. The third kappa shape index (κ3) is 4.38. The Morgan fingerprint density at radius 3 is 2.63 bits per heavy atom. The summed E-state index contributed by atoms with van der Waals surface area (Å²) in [6, 6.07) is 4.31. The van der Waals surface area contributed by atoms with E-state index in [0.29, 0.717) is 5.56 Å². The Balaban J connectivity index is 2.83. The Labute approximate surface area is 112 Å². The van der Waals surface area contributed by atoms with E-state index >= 15 is 0 Å². The highest BCUT2D eigenvalue weighted by atomic mass is 19.1. The van der Waals surface area contributed by atoms with Crippen molar-refractivity contribution in [3.63, 3.8) is 0 Å². The van der Waals surface area contributed by atoms with E-state index in [1.807, 2.05) is 13.8 Å². The van der Waals surface area contributed by atoms with Crippen LogP contribution in [0.5, 0.6) is 0 Å². The molecule has 4 heteroatoms. The van der Waals surface area contributed by atoms with E-state index < -0.39 is 5.82 Å². The van der Waals surface area contributed by atoms with Crippen molar-refractivity contribution < 1.29 is 14.3 Å². The molecule has 1 aromatic carbocycles. The van der Waals surface area contributed by atoms with Crippen molar-refractivity contribution in [1.29, 1.82) is 0 Å². The molecule has 0 fully saturated rings. The minimum absolute atomic E-state index is 0.145. The Hall–Kier alpha value is -1.86. The molecule has 0 aromatic heterocycles. The molecule has 0 aliphatic heterocycles. The van der Waals surface area contributed by atoms with Crippen LogP contribution in [0.15, 0.2) is 18.2 Å². The van der Waals surface area contributed by atoms with Gasteiger partial charge in [0.25, 0.3) is 0 Å². The van der Waals surface area contributed by atoms with Gasteiger partial charge in [0.15, 0.2) is 0 Å². The summed E-state index contributed by atoms with van der Waals surface area (Å²) >= 11 is 0. The van der Waals surface area contributed by atoms with Crippen LogP contribution in [0, 0.1) is 29.5 Å². The molecule has 0 saturated heterocycles. The normalized spacial score (nSPS) is 11.7. The SMILES string of the molecule is CC(C)C(C)C(=O)Nc1ccc(C#CCO)cc1F. The monoisotopic (exact) mass is 263 g/mol. The number of aliphatic hydroxyl groups excluding tert-OH is 1. The van der Waals surface area contributed by atoms with Crippen molar-refractivity contribution in [3.05, 3.63) is 29.6 Å². The van der Waals surface area contributed by atoms with Gasteiger partial charge >= 0.3 is 0 Å². The number of aliphatic hydroxyl groups is 1. The lowest BCUT2D eigenvalue weighted by atomic mass is 9.97. The van der Waals surface area contributed by atoms with Gasteiger partial charge in [-0.15, -0.1) is 0 Å². The molecule has 1 aromatic rings. The van der Waals surface area contributed by atoms with E-state index in [4.69, 9.17) is 5.11 Å². The molecular weight excluding hydrogens is 245 g/mol. The summed E-state index contributed by atoms with van der Waals surface area (Å²) in [5.41, 5.74) is 0.605. The molecule has 1 unspecified atom stereocenters. The first-order valence-electron chi connectivity index (χ1n) is 6.15. The Kier molecular flexibility index (Phi) is 5.53. The summed E-state index contributed by atoms with van der Waals surface area (Å²) in [5, 5.41) is 11.1. The summed E-state index contributed by atoms with van der Waals surface area (Å²) in [4.78, 5) is 11.8. The molecule has 0 spiro atoms. The molecule has 2 N–H and O–H groups in total. The number of rotatable bonds is 3. The first kappa shape index (κ1) is 15.2. The Morgan fingerprint density at radius 2 is 2.11 bits per heavy atom. The van der Waals surface area contributed by atoms with Gasteiger partial charge in [-0.1, -0.05) is 32.6 Å². The van der Waals surface area contributed by atoms with E-state index in [1.165, 1.54) is 12.1 Å². The maximum Gasteiger partial charge on any atom is 0.227 e. The van der Waals surface area contributed by atoms with E-state index in [9.17, 15) is 9.18 Å². The topological polar surface area (TPSA) is 49.3 Å². The largest absolute Gasteiger partial charge is 0.384 e. The van der Waals surface area contributed by atoms with Crippen LogP contribution >= 0.6 is 0 Å². The van der Waals surface area contributed by atoms with Crippen LogP contribution < -0.4 is 5.32 Å². The van der Waals surface area contributed by atoms with Crippen molar-refractivity contribution in [2.45, 2.75) is 20.8 Å². The number of carbonyl (C=O) groups excluding carboxylic acids is 1. The zero-order valence-electron chi connectivity index (χ0n) is 11.3. The highest BCUT2D eigenvalue weighted by molar-refractivity contribution is 5.92. The predicted molar refractivity (Wildman–Crippen MR) is 73.0 cm³/mol. The molecule has 3 nitrogen and oxygen atoms in total. The number of hydrogen-bond donors (Lipinski definition) is 2. The van der Waals surface area contributed by atoms with E-state index in [2.05, 4.69) is 17.2 Å². The standard InChI is InChI=1S/C15H18FNO2/c1-10(2)11(3)15(19)17-14-7-6-12(5-4-8-18)9-13(14)16/h6-7,9-11,18H,8H2,1-3H3,(H,17,19). The molecule has 0 heterocycles. The second-order valence-corrected chi connectivity index (χ2v) is 4.68. The smallest absolute Gasteiger partial charge is 0.227 e. The van der Waals surface area contributed by atoms with Crippen LogP contribution in [0.2, 0.25) is 0 Å². The third-order valence-electron chi connectivity index (χ3n) is 2.95. The number of amides is 1. The van der Waals surface area contributed by atoms with Crippen LogP contribution in [0.4, 0.5) is 10.1 Å². The Morgan fingerprint density at radius 1 is 1.42 bits per heavy atom. The lowest BCUT2D eigenvalue weighted by Gasteiger charge is -2.15. The molecule has 1 atom stereocenters. The third-order valence-corrected chi connectivity index (χ3v) is 2.95. The van der Waals surface area contributed by atoms with Crippen molar-refractivity contribution in [2.24, 2.45) is 11.8 Å². The van der Waals surface area contributed by atoms with Gasteiger partial charge in [0.2, 0.25) is 5.91 Å². The molecule has 0 aliphatic carbocycles. The molecular formula is C15H18FNO2. The zero-order chi connectivity index (χ0) is 14.4. The van der Waals surface area contributed by atoms with Gasteiger partial charge in [0, 0.05) is 11.5 Å². The number of anilines is 1. The Bertz CT molecular complexity index is 515. The maximum absolute atomic E-state index is 13.8. The van der Waals surface area contributed by atoms with Crippen LogP contribution in [0.3, 0.4) is 0 Å². The first-order chi connectivity index (χ1) is 8.95. The second kappa shape index (κ2) is 6.91. The lowest BCUT2D eigenvalue weighted by molar-refractivity contribution is -0.120. The molecule has 19 heavy (non-hydrogen) atoms. The molecule has 0 radical (unpaired) electrons. The number of benzene rings is 1. The van der Waals surface area contributed by atoms with Gasteiger partial charge in [-0.2, -0.15) is 0 Å². The molecule has 1 rings (SSSR count). The van der Waals surface area contributed by atoms with Crippen molar-refractivity contribution in [3.8, 4) is 11.8 Å². The number of carbonyl (C=O) groups is 1. The summed E-state index contributed by atoms with van der Waals surface area (Å²) in [6.45, 7) is 5.41. The van der Waals surface area contributed by atoms with Crippen LogP contribution in [-0.2, 0) is 4.79 Å². The van der Waals surface area contributed by atoms with Gasteiger partial charge in [-0.05, 0) is 24.1 Å². The minimum Gasteiger partial charge on any atom is -0.384 e. The fraction of sp³-hybridized carbons (Fsp3) is 0.400. The highest BCUT2D eigenvalue weighted by Crippen LogP contribution is 2.18. The van der Waals surface area contributed by atoms with Crippen LogP contribution in [0.25, 0.3) is 0 Å². The second-order valence-electron chi connectivity index (χ2n) is 4.68. The summed E-state index contributed by atoms with van der Waals surface area (Å²) in [6.07, 6.45) is 0. The summed E-state index contributed by atoms with van der Waals surface area (Å²) < 4.78 is 13.8. The number of hydrogen-bond acceptors (Lipinski definition) is 2. The summed E-state index contributed by atoms with van der Waals surface area (Å²) in [5.74, 6) is 4.31. The van der Waals surface area contributed by atoms with Gasteiger partial charge < -0.3 is 10.4 Å². The van der Waals surface area contributed by atoms with Crippen LogP contribution in [0.1, 0.15) is 26.3 Å². The molecule has 0 saturated carbocycles. The fourth-order valence-electron chi connectivity index (χ4n) is 1.39. The van der Waals surface area contributed by atoms with E-state index in [1.54, 1.807) is 13.0 Å². The van der Waals surface area contributed by atoms with Crippen molar-refractivity contribution in [2.75, 3.05) is 11.9 Å². The van der Waals surface area contributed by atoms with Gasteiger partial charge in [-0.25, -0.2) is 4.39 Å². The molecule has 0 aliphatic rings. The van der Waals surface area contributed by atoms with Gasteiger partial charge in [0.1, 0.15) is 12.4 Å². The number of nitrogens with one attached hydrogen (secondary N) is 1. The average Bonchev–Trinajstić information content (AvgIpc) is 2.37.